The summed E-state index contributed by atoms with van der Waals surface area (Å²) in [5.41, 5.74) is 6.99. The van der Waals surface area contributed by atoms with E-state index in [1.807, 2.05) is 6.92 Å². The van der Waals surface area contributed by atoms with Crippen LogP contribution in [0.25, 0.3) is 0 Å². The molecule has 0 saturated heterocycles. The van der Waals surface area contributed by atoms with Gasteiger partial charge in [0.1, 0.15) is 0 Å². The van der Waals surface area contributed by atoms with E-state index in [-0.39, 0.29) is 6.04 Å². The molecule has 2 aromatic rings. The monoisotopic (exact) mass is 235 g/mol. The van der Waals surface area contributed by atoms with E-state index in [9.17, 15) is 0 Å². The Balaban J connectivity index is 2.16. The first-order chi connectivity index (χ1) is 7.58. The Morgan fingerprint density at radius 2 is 1.88 bits per heavy atom. The molecular weight excluding hydrogens is 218 g/mol. The highest BCUT2D eigenvalue weighted by Crippen LogP contribution is 2.17. The molecule has 0 amide bonds. The maximum absolute atomic E-state index is 4.49. The smallest absolute Gasteiger partial charge is 0.0898 e. The quantitative estimate of drug-likeness (QED) is 0.885. The number of nitrogens with zero attached hydrogens (tertiary/aromatic N) is 2. The largest absolute Gasteiger partial charge is 0.317 e. The molecule has 3 nitrogen and oxygen atoms in total. The van der Waals surface area contributed by atoms with Crippen molar-refractivity contribution in [2.45, 2.75) is 33.7 Å². The first-order valence-corrected chi connectivity index (χ1v) is 6.29. The van der Waals surface area contributed by atoms with Crippen LogP contribution in [-0.4, -0.2) is 9.66 Å². The van der Waals surface area contributed by atoms with Crippen molar-refractivity contribution < 1.29 is 0 Å². The third-order valence-corrected chi connectivity index (χ3v) is 3.47. The Morgan fingerprint density at radius 1 is 1.25 bits per heavy atom. The van der Waals surface area contributed by atoms with Crippen molar-refractivity contribution in [1.29, 1.82) is 0 Å². The van der Waals surface area contributed by atoms with Gasteiger partial charge < -0.3 is 5.43 Å². The zero-order valence-corrected chi connectivity index (χ0v) is 10.9. The molecule has 0 saturated carbocycles. The zero-order chi connectivity index (χ0) is 11.7. The number of aromatic nitrogens is 2. The third-order valence-electron chi connectivity index (χ3n) is 2.67. The second-order valence-electron chi connectivity index (χ2n) is 4.09. The fraction of sp³-hybridized carbons (Fsp3) is 0.417. The fourth-order valence-electron chi connectivity index (χ4n) is 1.71. The molecule has 1 atom stereocenters. The molecule has 0 radical (unpaired) electrons. The van der Waals surface area contributed by atoms with Crippen molar-refractivity contribution in [3.8, 4) is 0 Å². The van der Waals surface area contributed by atoms with Gasteiger partial charge in [0.05, 0.1) is 16.7 Å². The van der Waals surface area contributed by atoms with E-state index in [0.29, 0.717) is 0 Å². The Kier molecular flexibility index (Phi) is 3.01. The summed E-state index contributed by atoms with van der Waals surface area (Å²) >= 11 is 1.69. The lowest BCUT2D eigenvalue weighted by molar-refractivity contribution is 0.686. The molecule has 2 rings (SSSR count). The molecule has 0 aliphatic rings. The zero-order valence-electron chi connectivity index (χ0n) is 10.1. The van der Waals surface area contributed by atoms with Crippen LogP contribution >= 0.6 is 11.3 Å². The normalized spacial score (nSPS) is 12.8. The lowest BCUT2D eigenvalue weighted by atomic mass is 10.3. The van der Waals surface area contributed by atoms with Crippen LogP contribution in [0.5, 0.6) is 0 Å². The summed E-state index contributed by atoms with van der Waals surface area (Å²) in [5, 5.41) is 3.23. The Hall–Kier alpha value is -1.29. The van der Waals surface area contributed by atoms with Crippen LogP contribution in [-0.2, 0) is 0 Å². The first kappa shape index (κ1) is 11.2. The van der Waals surface area contributed by atoms with Gasteiger partial charge in [-0.1, -0.05) is 0 Å². The minimum absolute atomic E-state index is 0.231. The van der Waals surface area contributed by atoms with E-state index < -0.39 is 0 Å². The predicted molar refractivity (Wildman–Crippen MR) is 68.5 cm³/mol. The molecule has 1 unspecified atom stereocenters. The number of hydrogen-bond donors (Lipinski definition) is 1. The molecule has 4 heteroatoms. The summed E-state index contributed by atoms with van der Waals surface area (Å²) in [6, 6.07) is 4.46. The number of rotatable bonds is 3. The summed E-state index contributed by atoms with van der Waals surface area (Å²) in [6.07, 6.45) is 0. The highest BCUT2D eigenvalue weighted by atomic mass is 32.1. The van der Waals surface area contributed by atoms with Gasteiger partial charge in [0, 0.05) is 16.8 Å². The summed E-state index contributed by atoms with van der Waals surface area (Å²) in [5.74, 6) is 0. The van der Waals surface area contributed by atoms with Crippen molar-refractivity contribution in [3.05, 3.63) is 39.6 Å². The van der Waals surface area contributed by atoms with Crippen molar-refractivity contribution in [2.24, 2.45) is 0 Å². The summed E-state index contributed by atoms with van der Waals surface area (Å²) < 4.78 is 2.11. The van der Waals surface area contributed by atoms with Crippen molar-refractivity contribution >= 4 is 11.3 Å². The number of nitrogens with one attached hydrogen (secondary N) is 1. The van der Waals surface area contributed by atoms with Crippen molar-refractivity contribution in [1.82, 2.24) is 9.66 Å². The number of hydrogen-bond acceptors (Lipinski definition) is 3. The predicted octanol–water partition coefficient (Wildman–Crippen LogP) is 3.17. The van der Waals surface area contributed by atoms with Gasteiger partial charge in [-0.05, 0) is 39.8 Å². The minimum Gasteiger partial charge on any atom is -0.317 e. The SMILES string of the molecule is Cc1nc(C(C)Nn2c(C)ccc2C)cs1. The minimum atomic E-state index is 0.231. The van der Waals surface area contributed by atoms with Crippen LogP contribution in [0.3, 0.4) is 0 Å². The lowest BCUT2D eigenvalue weighted by Crippen LogP contribution is -2.21. The molecule has 0 aromatic carbocycles. The van der Waals surface area contributed by atoms with E-state index in [1.165, 1.54) is 11.4 Å². The Morgan fingerprint density at radius 3 is 2.38 bits per heavy atom. The fourth-order valence-corrected chi connectivity index (χ4v) is 2.42. The molecule has 0 bridgehead atoms. The topological polar surface area (TPSA) is 29.9 Å². The maximum Gasteiger partial charge on any atom is 0.0898 e. The third kappa shape index (κ3) is 2.11. The summed E-state index contributed by atoms with van der Waals surface area (Å²) in [7, 11) is 0. The molecule has 0 aliphatic carbocycles. The molecular formula is C12H17N3S. The molecule has 2 aromatic heterocycles. The highest BCUT2D eigenvalue weighted by Gasteiger charge is 2.10. The highest BCUT2D eigenvalue weighted by molar-refractivity contribution is 7.09. The van der Waals surface area contributed by atoms with Crippen molar-refractivity contribution in [3.63, 3.8) is 0 Å². The van der Waals surface area contributed by atoms with E-state index in [0.717, 1.165) is 10.7 Å². The van der Waals surface area contributed by atoms with Crippen molar-refractivity contribution in [2.75, 3.05) is 5.43 Å². The second-order valence-corrected chi connectivity index (χ2v) is 5.16. The van der Waals surface area contributed by atoms with Gasteiger partial charge in [-0.15, -0.1) is 11.3 Å². The maximum atomic E-state index is 4.49. The van der Waals surface area contributed by atoms with Crippen LogP contribution in [0.4, 0.5) is 0 Å². The van der Waals surface area contributed by atoms with Crippen LogP contribution in [0.1, 0.15) is 35.1 Å². The van der Waals surface area contributed by atoms with Crippen LogP contribution in [0.15, 0.2) is 17.5 Å². The van der Waals surface area contributed by atoms with Crippen LogP contribution in [0.2, 0.25) is 0 Å². The average molecular weight is 235 g/mol. The van der Waals surface area contributed by atoms with Crippen LogP contribution < -0.4 is 5.43 Å². The van der Waals surface area contributed by atoms with Gasteiger partial charge in [0.2, 0.25) is 0 Å². The molecule has 86 valence electrons. The molecule has 0 aliphatic heterocycles. The van der Waals surface area contributed by atoms with Gasteiger partial charge >= 0.3 is 0 Å². The van der Waals surface area contributed by atoms with Gasteiger partial charge in [-0.2, -0.15) is 0 Å². The Labute approximate surface area is 100 Å². The van der Waals surface area contributed by atoms with Crippen LogP contribution in [0, 0.1) is 20.8 Å². The standard InChI is InChI=1S/C12H17N3S/c1-8-5-6-9(2)15(8)14-10(3)12-7-16-11(4)13-12/h5-7,10,14H,1-4H3. The number of thiazole rings is 1. The van der Waals surface area contributed by atoms with Gasteiger partial charge in [-0.25, -0.2) is 4.98 Å². The van der Waals surface area contributed by atoms with Gasteiger partial charge in [0.25, 0.3) is 0 Å². The lowest BCUT2D eigenvalue weighted by Gasteiger charge is -2.17. The molecule has 2 heterocycles. The van der Waals surface area contributed by atoms with E-state index in [2.05, 4.69) is 53.4 Å². The van der Waals surface area contributed by atoms with E-state index in [1.54, 1.807) is 11.3 Å². The average Bonchev–Trinajstić information content (AvgIpc) is 2.79. The molecule has 1 N–H and O–H groups in total. The second kappa shape index (κ2) is 4.29. The summed E-state index contributed by atoms with van der Waals surface area (Å²) in [6.45, 7) is 8.36. The van der Waals surface area contributed by atoms with Gasteiger partial charge in [0.15, 0.2) is 0 Å². The van der Waals surface area contributed by atoms with E-state index >= 15 is 0 Å². The van der Waals surface area contributed by atoms with Gasteiger partial charge in [-0.3, -0.25) is 4.68 Å². The Bertz CT molecular complexity index is 465. The molecule has 0 spiro atoms. The summed E-state index contributed by atoms with van der Waals surface area (Å²) in [4.78, 5) is 4.49. The number of aryl methyl sites for hydroxylation is 3. The molecule has 16 heavy (non-hydrogen) atoms. The molecule has 0 fully saturated rings. The van der Waals surface area contributed by atoms with E-state index in [4.69, 9.17) is 0 Å². The first-order valence-electron chi connectivity index (χ1n) is 5.41.